The van der Waals surface area contributed by atoms with Crippen LogP contribution >= 0.6 is 0 Å². The maximum Gasteiger partial charge on any atom is 0.302 e. The van der Waals surface area contributed by atoms with Crippen molar-refractivity contribution in [2.75, 3.05) is 26.8 Å². The maximum absolute atomic E-state index is 12.9. The van der Waals surface area contributed by atoms with Gasteiger partial charge in [0.05, 0.1) is 13.2 Å². The molecule has 4 aliphatic carbocycles. The molecule has 5 aliphatic rings. The first-order valence-corrected chi connectivity index (χ1v) is 12.9. The Bertz CT molecular complexity index is 895. The average molecular weight is 474 g/mol. The van der Waals surface area contributed by atoms with Gasteiger partial charge in [0.25, 0.3) is 0 Å². The number of esters is 1. The van der Waals surface area contributed by atoms with Crippen molar-refractivity contribution in [2.24, 2.45) is 28.6 Å². The predicted molar refractivity (Wildman–Crippen MR) is 126 cm³/mol. The lowest BCUT2D eigenvalue weighted by atomic mass is 9.48. The van der Waals surface area contributed by atoms with Gasteiger partial charge in [0.2, 0.25) is 0 Å². The summed E-state index contributed by atoms with van der Waals surface area (Å²) in [5.41, 5.74) is 9.15. The number of hydrogen-bond donors (Lipinski definition) is 3. The van der Waals surface area contributed by atoms with Crippen LogP contribution in [0.3, 0.4) is 0 Å². The van der Waals surface area contributed by atoms with E-state index in [1.807, 2.05) is 0 Å². The van der Waals surface area contributed by atoms with Crippen molar-refractivity contribution in [1.29, 1.82) is 0 Å². The molecule has 6 atom stereocenters. The van der Waals surface area contributed by atoms with E-state index in [2.05, 4.69) is 29.3 Å². The number of carbonyl (C=O) groups is 2. The minimum absolute atomic E-state index is 0.172. The molecule has 5 rings (SSSR count). The molecular weight excluding hydrogens is 434 g/mol. The predicted octanol–water partition coefficient (Wildman–Crippen LogP) is 2.92. The fourth-order valence-electron chi connectivity index (χ4n) is 7.71. The summed E-state index contributed by atoms with van der Waals surface area (Å²) in [7, 11) is 1.64. The molecule has 0 amide bonds. The third kappa shape index (κ3) is 3.97. The molecule has 0 spiro atoms. The summed E-state index contributed by atoms with van der Waals surface area (Å²) >= 11 is 0. The first-order valence-electron chi connectivity index (χ1n) is 12.9. The summed E-state index contributed by atoms with van der Waals surface area (Å²) in [6.45, 7) is 5.87. The molecular formula is C26H39N3O5. The molecule has 0 aromatic heterocycles. The highest BCUT2D eigenvalue weighted by Gasteiger charge is 2.61. The van der Waals surface area contributed by atoms with E-state index >= 15 is 0 Å². The van der Waals surface area contributed by atoms with Crippen LogP contribution in [0.15, 0.2) is 23.0 Å². The third-order valence-corrected chi connectivity index (χ3v) is 9.45. The Morgan fingerprint density at radius 1 is 1.18 bits per heavy atom. The second-order valence-electron chi connectivity index (χ2n) is 11.1. The molecule has 188 valence electrons. The van der Waals surface area contributed by atoms with Gasteiger partial charge < -0.3 is 10.1 Å². The summed E-state index contributed by atoms with van der Waals surface area (Å²) in [4.78, 5) is 36.2. The van der Waals surface area contributed by atoms with E-state index in [1.54, 1.807) is 7.11 Å². The van der Waals surface area contributed by atoms with E-state index in [4.69, 9.17) is 14.4 Å². The largest absolute Gasteiger partial charge is 0.465 e. The summed E-state index contributed by atoms with van der Waals surface area (Å²) < 4.78 is 5.75. The molecule has 0 bridgehead atoms. The van der Waals surface area contributed by atoms with Crippen molar-refractivity contribution in [1.82, 2.24) is 16.3 Å². The van der Waals surface area contributed by atoms with Gasteiger partial charge in [-0.25, -0.2) is 0 Å². The average Bonchev–Trinajstić information content (AvgIpc) is 3.45. The maximum atomic E-state index is 12.9. The van der Waals surface area contributed by atoms with Gasteiger partial charge in [-0.05, 0) is 80.9 Å². The Labute approximate surface area is 202 Å². The minimum atomic E-state index is -0.289. The van der Waals surface area contributed by atoms with Crippen LogP contribution in [0.25, 0.3) is 0 Å². The van der Waals surface area contributed by atoms with E-state index in [0.717, 1.165) is 75.0 Å². The zero-order valence-electron chi connectivity index (χ0n) is 20.7. The van der Waals surface area contributed by atoms with Gasteiger partial charge in [0.15, 0.2) is 0 Å². The Morgan fingerprint density at radius 2 is 2.03 bits per heavy atom. The quantitative estimate of drug-likeness (QED) is 0.384. The van der Waals surface area contributed by atoms with Crippen LogP contribution in [-0.4, -0.2) is 44.7 Å². The normalized spacial score (nSPS) is 39.1. The first-order chi connectivity index (χ1) is 16.4. The fourth-order valence-corrected chi connectivity index (χ4v) is 7.71. The molecule has 0 aromatic rings. The molecule has 0 radical (unpaired) electrons. The van der Waals surface area contributed by atoms with Crippen LogP contribution in [0.2, 0.25) is 0 Å². The lowest BCUT2D eigenvalue weighted by Gasteiger charge is -2.57. The number of ketones is 1. The number of hydrogen-bond acceptors (Lipinski definition) is 8. The van der Waals surface area contributed by atoms with Crippen molar-refractivity contribution in [3.63, 3.8) is 0 Å². The van der Waals surface area contributed by atoms with Crippen LogP contribution in [0.5, 0.6) is 0 Å². The van der Waals surface area contributed by atoms with Crippen LogP contribution in [0.4, 0.5) is 0 Å². The molecule has 6 unspecified atom stereocenters. The lowest BCUT2D eigenvalue weighted by Crippen LogP contribution is -2.54. The van der Waals surface area contributed by atoms with Crippen molar-refractivity contribution in [3.8, 4) is 0 Å². The summed E-state index contributed by atoms with van der Waals surface area (Å²) in [5, 5.41) is 3.33. The Balaban J connectivity index is 1.51. The highest BCUT2D eigenvalue weighted by Crippen LogP contribution is 2.64. The topological polar surface area (TPSA) is 97.9 Å². The molecule has 1 aliphatic heterocycles. The highest BCUT2D eigenvalue weighted by molar-refractivity contribution is 5.87. The number of nitrogens with one attached hydrogen (secondary N) is 3. The number of Topliss-reactive ketones (excluding diaryl/α,β-unsaturated/α-hetero) is 1. The second-order valence-corrected chi connectivity index (χ2v) is 11.1. The number of rotatable bonds is 7. The third-order valence-electron chi connectivity index (χ3n) is 9.45. The van der Waals surface area contributed by atoms with Crippen LogP contribution in [0.1, 0.15) is 65.2 Å². The Kier molecular flexibility index (Phi) is 6.50. The molecule has 3 N–H and O–H groups in total. The SMILES string of the molecule is CONC1=C2C=C(NOC3CCNC3)CCC2(COC(C)=O)C2CCC3(C)C(=O)CCC3C2C1. The van der Waals surface area contributed by atoms with Gasteiger partial charge >= 0.3 is 5.97 Å². The monoisotopic (exact) mass is 473 g/mol. The standard InChI is InChI=1S/C26H39N3O5/c1-16(30)33-15-26-10-6-17(28-34-18-8-11-27-14-18)12-22(26)23(29-32-3)13-19-20-4-5-24(31)25(20,2)9-7-21(19)26/h12,18-21,27-29H,4-11,13-15H2,1-3H3. The van der Waals surface area contributed by atoms with Crippen molar-refractivity contribution in [2.45, 2.75) is 71.3 Å². The van der Waals surface area contributed by atoms with Crippen LogP contribution in [0, 0.1) is 28.6 Å². The number of ether oxygens (including phenoxy) is 1. The molecule has 34 heavy (non-hydrogen) atoms. The van der Waals surface area contributed by atoms with Gasteiger partial charge in [-0.3, -0.25) is 30.2 Å². The molecule has 1 saturated heterocycles. The summed E-state index contributed by atoms with van der Waals surface area (Å²) in [6.07, 6.45) is 9.46. The Morgan fingerprint density at radius 3 is 2.76 bits per heavy atom. The highest BCUT2D eigenvalue weighted by atomic mass is 16.7. The van der Waals surface area contributed by atoms with Gasteiger partial charge in [-0.1, -0.05) is 6.92 Å². The van der Waals surface area contributed by atoms with Gasteiger partial charge in [0, 0.05) is 42.1 Å². The summed E-state index contributed by atoms with van der Waals surface area (Å²) in [5.74, 6) is 1.27. The molecule has 8 heteroatoms. The molecule has 3 fully saturated rings. The van der Waals surface area contributed by atoms with Crippen molar-refractivity contribution < 1.29 is 24.0 Å². The number of fused-ring (bicyclic) bond motifs is 5. The Hall–Kier alpha value is -1.90. The number of hydroxylamine groups is 2. The van der Waals surface area contributed by atoms with Crippen molar-refractivity contribution >= 4 is 11.8 Å². The van der Waals surface area contributed by atoms with Crippen LogP contribution in [-0.2, 0) is 24.0 Å². The number of carbonyl (C=O) groups excluding carboxylic acids is 2. The van der Waals surface area contributed by atoms with E-state index < -0.39 is 0 Å². The summed E-state index contributed by atoms with van der Waals surface area (Å²) in [6, 6.07) is 0. The molecule has 0 aromatic carbocycles. The molecule has 8 nitrogen and oxygen atoms in total. The van der Waals surface area contributed by atoms with Crippen LogP contribution < -0.4 is 16.3 Å². The van der Waals surface area contributed by atoms with E-state index in [1.165, 1.54) is 6.92 Å². The molecule has 2 saturated carbocycles. The minimum Gasteiger partial charge on any atom is -0.465 e. The first kappa shape index (κ1) is 23.8. The fraction of sp³-hybridized carbons (Fsp3) is 0.769. The van der Waals surface area contributed by atoms with Gasteiger partial charge in [-0.15, -0.1) is 0 Å². The zero-order valence-corrected chi connectivity index (χ0v) is 20.7. The number of allylic oxidation sites excluding steroid dienone is 3. The van der Waals surface area contributed by atoms with Crippen molar-refractivity contribution in [3.05, 3.63) is 23.0 Å². The smallest absolute Gasteiger partial charge is 0.302 e. The van der Waals surface area contributed by atoms with Gasteiger partial charge in [0.1, 0.15) is 12.4 Å². The zero-order chi connectivity index (χ0) is 23.9. The van der Waals surface area contributed by atoms with E-state index in [-0.39, 0.29) is 22.9 Å². The van der Waals surface area contributed by atoms with E-state index in [9.17, 15) is 9.59 Å². The van der Waals surface area contributed by atoms with Gasteiger partial charge in [-0.2, -0.15) is 0 Å². The van der Waals surface area contributed by atoms with E-state index in [0.29, 0.717) is 36.6 Å². The lowest BCUT2D eigenvalue weighted by molar-refractivity contribution is -0.149. The molecule has 1 heterocycles. The second kappa shape index (κ2) is 9.28.